The van der Waals surface area contributed by atoms with Crippen LogP contribution < -0.4 is 0 Å². The predicted molar refractivity (Wildman–Crippen MR) is 125 cm³/mol. The number of morpholine rings is 1. The van der Waals surface area contributed by atoms with Crippen molar-refractivity contribution in [2.75, 3.05) is 26.3 Å². The molecule has 0 spiro atoms. The monoisotopic (exact) mass is 471 g/mol. The summed E-state index contributed by atoms with van der Waals surface area (Å²) in [5, 5.41) is 0. The molecule has 0 atom stereocenters. The number of sulfonamides is 1. The minimum atomic E-state index is -3.62. The number of ether oxygens (including phenoxy) is 2. The number of aromatic nitrogens is 2. The van der Waals surface area contributed by atoms with Crippen molar-refractivity contribution in [3.63, 3.8) is 0 Å². The first kappa shape index (κ1) is 23.4. The van der Waals surface area contributed by atoms with Gasteiger partial charge in [-0.1, -0.05) is 26.0 Å². The van der Waals surface area contributed by atoms with Gasteiger partial charge in [0.1, 0.15) is 12.4 Å². The van der Waals surface area contributed by atoms with Crippen molar-refractivity contribution in [3.8, 4) is 0 Å². The molecule has 3 aromatic rings. The van der Waals surface area contributed by atoms with Crippen LogP contribution >= 0.6 is 0 Å². The molecule has 0 bridgehead atoms. The van der Waals surface area contributed by atoms with Crippen molar-refractivity contribution in [3.05, 3.63) is 59.4 Å². The van der Waals surface area contributed by atoms with Crippen molar-refractivity contribution in [1.29, 1.82) is 0 Å². The Hall–Kier alpha value is -2.75. The lowest BCUT2D eigenvalue weighted by molar-refractivity contribution is 0.0458. The maximum absolute atomic E-state index is 13.0. The van der Waals surface area contributed by atoms with Crippen molar-refractivity contribution in [2.24, 2.45) is 0 Å². The number of rotatable bonds is 8. The molecular formula is C24H29N3O5S. The van der Waals surface area contributed by atoms with Gasteiger partial charge < -0.3 is 14.0 Å². The van der Waals surface area contributed by atoms with Crippen molar-refractivity contribution >= 4 is 27.0 Å². The third-order valence-electron chi connectivity index (χ3n) is 5.78. The van der Waals surface area contributed by atoms with E-state index in [1.165, 1.54) is 4.31 Å². The third kappa shape index (κ3) is 4.95. The second kappa shape index (κ2) is 10.0. The van der Waals surface area contributed by atoms with Gasteiger partial charge in [0.25, 0.3) is 0 Å². The standard InChI is InChI=1S/C24H29N3O5S/c1-3-11-27-22-10-9-20(33(29,30)26-12-14-31-15-13-26)16-21(22)25-23(27)17-32-24(28)19-7-5-18(4-2)6-8-19/h5-10,16H,3-4,11-15,17H2,1-2H3. The zero-order valence-electron chi connectivity index (χ0n) is 19.0. The number of esters is 1. The average Bonchev–Trinajstić information content (AvgIpc) is 3.20. The van der Waals surface area contributed by atoms with E-state index in [4.69, 9.17) is 9.47 Å². The van der Waals surface area contributed by atoms with Gasteiger partial charge in [-0.05, 0) is 48.7 Å². The summed E-state index contributed by atoms with van der Waals surface area (Å²) in [5.74, 6) is 0.176. The summed E-state index contributed by atoms with van der Waals surface area (Å²) >= 11 is 0. The molecule has 0 aliphatic carbocycles. The predicted octanol–water partition coefficient (Wildman–Crippen LogP) is 3.39. The van der Waals surface area contributed by atoms with E-state index < -0.39 is 16.0 Å². The van der Waals surface area contributed by atoms with Crippen LogP contribution in [0.25, 0.3) is 11.0 Å². The zero-order valence-corrected chi connectivity index (χ0v) is 19.8. The molecule has 1 aliphatic heterocycles. The van der Waals surface area contributed by atoms with Gasteiger partial charge in [-0.3, -0.25) is 0 Å². The lowest BCUT2D eigenvalue weighted by Crippen LogP contribution is -2.40. The first-order chi connectivity index (χ1) is 15.9. The summed E-state index contributed by atoms with van der Waals surface area (Å²) < 4.78 is 40.3. The lowest BCUT2D eigenvalue weighted by Gasteiger charge is -2.26. The topological polar surface area (TPSA) is 90.7 Å². The van der Waals surface area contributed by atoms with Crippen LogP contribution in [-0.4, -0.2) is 54.5 Å². The summed E-state index contributed by atoms with van der Waals surface area (Å²) in [5.41, 5.74) is 3.02. The van der Waals surface area contributed by atoms with Gasteiger partial charge in [0.2, 0.25) is 10.0 Å². The van der Waals surface area contributed by atoms with Crippen molar-refractivity contribution < 1.29 is 22.7 Å². The van der Waals surface area contributed by atoms with E-state index in [1.54, 1.807) is 30.3 Å². The average molecular weight is 472 g/mol. The van der Waals surface area contributed by atoms with E-state index in [1.807, 2.05) is 23.6 Å². The van der Waals surface area contributed by atoms with Gasteiger partial charge in [0, 0.05) is 19.6 Å². The van der Waals surface area contributed by atoms with Crippen molar-refractivity contribution in [2.45, 2.75) is 44.7 Å². The molecule has 0 saturated carbocycles. The van der Waals surface area contributed by atoms with Crippen LogP contribution in [-0.2, 0) is 39.1 Å². The molecule has 33 heavy (non-hydrogen) atoms. The number of hydrogen-bond donors (Lipinski definition) is 0. The Labute approximate surface area is 194 Å². The number of aryl methyl sites for hydroxylation is 2. The molecule has 2 heterocycles. The number of carbonyl (C=O) groups is 1. The quantitative estimate of drug-likeness (QED) is 0.468. The van der Waals surface area contributed by atoms with Crippen LogP contribution in [0.1, 0.15) is 42.0 Å². The molecule has 0 N–H and O–H groups in total. The highest BCUT2D eigenvalue weighted by atomic mass is 32.2. The second-order valence-electron chi connectivity index (χ2n) is 7.97. The maximum atomic E-state index is 13.0. The molecule has 0 unspecified atom stereocenters. The molecule has 1 aliphatic rings. The fraction of sp³-hybridized carbons (Fsp3) is 0.417. The Morgan fingerprint density at radius 2 is 1.82 bits per heavy atom. The number of carbonyl (C=O) groups excluding carboxylic acids is 1. The summed E-state index contributed by atoms with van der Waals surface area (Å²) in [6.07, 6.45) is 1.76. The van der Waals surface area contributed by atoms with E-state index in [-0.39, 0.29) is 11.5 Å². The number of nitrogens with zero attached hydrogens (tertiary/aromatic N) is 3. The van der Waals surface area contributed by atoms with Crippen LogP contribution in [0.15, 0.2) is 47.4 Å². The van der Waals surface area contributed by atoms with Crippen LogP contribution in [0.4, 0.5) is 0 Å². The maximum Gasteiger partial charge on any atom is 0.338 e. The Kier molecular flexibility index (Phi) is 7.11. The molecule has 1 aromatic heterocycles. The molecule has 9 heteroatoms. The molecular weight excluding hydrogens is 442 g/mol. The number of imidazole rings is 1. The smallest absolute Gasteiger partial charge is 0.338 e. The number of hydrogen-bond acceptors (Lipinski definition) is 6. The zero-order chi connectivity index (χ0) is 23.4. The van der Waals surface area contributed by atoms with Gasteiger partial charge in [-0.25, -0.2) is 18.2 Å². The SMILES string of the molecule is CCCn1c(COC(=O)c2ccc(CC)cc2)nc2cc(S(=O)(=O)N3CCOCC3)ccc21. The normalized spacial score (nSPS) is 15.1. The van der Waals surface area contributed by atoms with E-state index in [9.17, 15) is 13.2 Å². The second-order valence-corrected chi connectivity index (χ2v) is 9.91. The third-order valence-corrected chi connectivity index (χ3v) is 7.68. The molecule has 0 amide bonds. The van der Waals surface area contributed by atoms with Gasteiger partial charge in [0.15, 0.2) is 0 Å². The molecule has 1 fully saturated rings. The molecule has 1 saturated heterocycles. The molecule has 176 valence electrons. The highest BCUT2D eigenvalue weighted by molar-refractivity contribution is 7.89. The first-order valence-corrected chi connectivity index (χ1v) is 12.7. The summed E-state index contributed by atoms with van der Waals surface area (Å²) in [6.45, 7) is 6.26. The Morgan fingerprint density at radius 3 is 2.48 bits per heavy atom. The number of benzene rings is 2. The minimum Gasteiger partial charge on any atom is -0.454 e. The number of fused-ring (bicyclic) bond motifs is 1. The highest BCUT2D eigenvalue weighted by Crippen LogP contribution is 2.24. The Bertz CT molecular complexity index is 1230. The highest BCUT2D eigenvalue weighted by Gasteiger charge is 2.27. The van der Waals surface area contributed by atoms with Crippen LogP contribution in [0, 0.1) is 0 Å². The molecule has 0 radical (unpaired) electrons. The van der Waals surface area contributed by atoms with E-state index in [0.29, 0.717) is 49.8 Å². The van der Waals surface area contributed by atoms with Crippen molar-refractivity contribution in [1.82, 2.24) is 13.9 Å². The lowest BCUT2D eigenvalue weighted by atomic mass is 10.1. The summed E-state index contributed by atoms with van der Waals surface area (Å²) in [4.78, 5) is 17.3. The summed E-state index contributed by atoms with van der Waals surface area (Å²) in [6, 6.07) is 12.4. The minimum absolute atomic E-state index is 0.00852. The van der Waals surface area contributed by atoms with Gasteiger partial charge in [-0.2, -0.15) is 4.31 Å². The summed E-state index contributed by atoms with van der Waals surface area (Å²) in [7, 11) is -3.62. The first-order valence-electron chi connectivity index (χ1n) is 11.3. The Balaban J connectivity index is 1.58. The molecule has 4 rings (SSSR count). The van der Waals surface area contributed by atoms with Gasteiger partial charge in [0.05, 0.1) is 34.7 Å². The Morgan fingerprint density at radius 1 is 1.09 bits per heavy atom. The van der Waals surface area contributed by atoms with E-state index in [0.717, 1.165) is 23.9 Å². The largest absolute Gasteiger partial charge is 0.454 e. The fourth-order valence-electron chi connectivity index (χ4n) is 3.93. The molecule has 2 aromatic carbocycles. The van der Waals surface area contributed by atoms with Gasteiger partial charge >= 0.3 is 5.97 Å². The fourth-order valence-corrected chi connectivity index (χ4v) is 5.36. The van der Waals surface area contributed by atoms with Crippen LogP contribution in [0.3, 0.4) is 0 Å². The molecule has 8 nitrogen and oxygen atoms in total. The van der Waals surface area contributed by atoms with Crippen LogP contribution in [0.5, 0.6) is 0 Å². The van der Waals surface area contributed by atoms with Gasteiger partial charge in [-0.15, -0.1) is 0 Å². The van der Waals surface area contributed by atoms with E-state index in [2.05, 4.69) is 11.9 Å². The van der Waals surface area contributed by atoms with Crippen LogP contribution in [0.2, 0.25) is 0 Å². The van der Waals surface area contributed by atoms with E-state index >= 15 is 0 Å².